The molecule has 0 aliphatic carbocycles. The van der Waals surface area contributed by atoms with Crippen molar-refractivity contribution in [1.29, 1.82) is 0 Å². The molecular weight excluding hydrogens is 304 g/mol. The minimum atomic E-state index is 0.377. The third-order valence-electron chi connectivity index (χ3n) is 3.57. The van der Waals surface area contributed by atoms with Gasteiger partial charge in [0.25, 0.3) is 0 Å². The SMILES string of the molecule is CN=C(NCc1ncnn1C)NCC(C)COCc1ccccc1. The second kappa shape index (κ2) is 9.67. The third kappa shape index (κ3) is 6.00. The zero-order chi connectivity index (χ0) is 17.2. The van der Waals surface area contributed by atoms with Gasteiger partial charge in [-0.2, -0.15) is 5.10 Å². The van der Waals surface area contributed by atoms with Crippen LogP contribution in [-0.4, -0.2) is 40.9 Å². The van der Waals surface area contributed by atoms with Gasteiger partial charge in [-0.1, -0.05) is 37.3 Å². The van der Waals surface area contributed by atoms with Crippen LogP contribution in [0.2, 0.25) is 0 Å². The Bertz CT molecular complexity index is 625. The van der Waals surface area contributed by atoms with E-state index in [0.29, 0.717) is 25.7 Å². The number of benzene rings is 1. The van der Waals surface area contributed by atoms with Crippen LogP contribution in [0, 0.1) is 5.92 Å². The van der Waals surface area contributed by atoms with Gasteiger partial charge in [0, 0.05) is 20.6 Å². The van der Waals surface area contributed by atoms with Gasteiger partial charge in [0.1, 0.15) is 12.2 Å². The second-order valence-electron chi connectivity index (χ2n) is 5.71. The molecule has 130 valence electrons. The van der Waals surface area contributed by atoms with Crippen LogP contribution in [0.4, 0.5) is 0 Å². The molecule has 1 aromatic carbocycles. The summed E-state index contributed by atoms with van der Waals surface area (Å²) in [5, 5.41) is 10.6. The maximum absolute atomic E-state index is 5.76. The van der Waals surface area contributed by atoms with Crippen LogP contribution in [0.3, 0.4) is 0 Å². The van der Waals surface area contributed by atoms with Crippen molar-refractivity contribution in [3.05, 3.63) is 48.0 Å². The summed E-state index contributed by atoms with van der Waals surface area (Å²) >= 11 is 0. The van der Waals surface area contributed by atoms with Gasteiger partial charge in [-0.05, 0) is 11.5 Å². The van der Waals surface area contributed by atoms with E-state index in [2.05, 4.69) is 44.8 Å². The summed E-state index contributed by atoms with van der Waals surface area (Å²) in [7, 11) is 3.62. The van der Waals surface area contributed by atoms with Crippen LogP contribution < -0.4 is 10.6 Å². The van der Waals surface area contributed by atoms with Crippen LogP contribution in [-0.2, 0) is 24.9 Å². The molecule has 7 nitrogen and oxygen atoms in total. The third-order valence-corrected chi connectivity index (χ3v) is 3.57. The average Bonchev–Trinajstić information content (AvgIpc) is 3.01. The normalized spacial score (nSPS) is 12.9. The molecule has 1 aromatic heterocycles. The van der Waals surface area contributed by atoms with E-state index in [1.54, 1.807) is 18.1 Å². The molecular formula is C17H26N6O. The molecule has 2 N–H and O–H groups in total. The zero-order valence-corrected chi connectivity index (χ0v) is 14.6. The fourth-order valence-corrected chi connectivity index (χ4v) is 2.15. The molecule has 0 amide bonds. The highest BCUT2D eigenvalue weighted by atomic mass is 16.5. The molecule has 0 radical (unpaired) electrons. The summed E-state index contributed by atoms with van der Waals surface area (Å²) in [5.74, 6) is 1.98. The largest absolute Gasteiger partial charge is 0.376 e. The van der Waals surface area contributed by atoms with Crippen molar-refractivity contribution in [2.75, 3.05) is 20.2 Å². The van der Waals surface area contributed by atoms with Gasteiger partial charge in [-0.15, -0.1) is 0 Å². The number of guanidine groups is 1. The minimum Gasteiger partial charge on any atom is -0.376 e. The fraction of sp³-hybridized carbons (Fsp3) is 0.471. The number of nitrogens with one attached hydrogen (secondary N) is 2. The molecule has 1 unspecified atom stereocenters. The Labute approximate surface area is 143 Å². The van der Waals surface area contributed by atoms with E-state index in [-0.39, 0.29) is 0 Å². The molecule has 2 aromatic rings. The Morgan fingerprint density at radius 1 is 1.29 bits per heavy atom. The number of aryl methyl sites for hydroxylation is 1. The van der Waals surface area contributed by atoms with Gasteiger partial charge in [-0.25, -0.2) is 4.98 Å². The summed E-state index contributed by atoms with van der Waals surface area (Å²) < 4.78 is 7.50. The summed E-state index contributed by atoms with van der Waals surface area (Å²) in [6.45, 7) is 4.85. The first-order valence-electron chi connectivity index (χ1n) is 8.08. The summed E-state index contributed by atoms with van der Waals surface area (Å²) in [6.07, 6.45) is 1.54. The van der Waals surface area contributed by atoms with Crippen LogP contribution in [0.15, 0.2) is 41.7 Å². The topological polar surface area (TPSA) is 76.4 Å². The molecule has 7 heteroatoms. The van der Waals surface area contributed by atoms with Gasteiger partial charge >= 0.3 is 0 Å². The van der Waals surface area contributed by atoms with E-state index in [4.69, 9.17) is 4.74 Å². The number of hydrogen-bond donors (Lipinski definition) is 2. The zero-order valence-electron chi connectivity index (χ0n) is 14.6. The molecule has 1 atom stereocenters. The van der Waals surface area contributed by atoms with Crippen molar-refractivity contribution < 1.29 is 4.74 Å². The predicted molar refractivity (Wildman–Crippen MR) is 94.5 cm³/mol. The number of ether oxygens (including phenoxy) is 1. The Hall–Kier alpha value is -2.41. The number of aromatic nitrogens is 3. The number of aliphatic imine (C=N–C) groups is 1. The minimum absolute atomic E-state index is 0.377. The van der Waals surface area contributed by atoms with Crippen LogP contribution in [0.25, 0.3) is 0 Å². The number of nitrogens with zero attached hydrogens (tertiary/aromatic N) is 4. The van der Waals surface area contributed by atoms with Crippen molar-refractivity contribution in [2.45, 2.75) is 20.1 Å². The van der Waals surface area contributed by atoms with E-state index in [9.17, 15) is 0 Å². The summed E-state index contributed by atoms with van der Waals surface area (Å²) in [4.78, 5) is 8.39. The lowest BCUT2D eigenvalue weighted by Crippen LogP contribution is -2.40. The van der Waals surface area contributed by atoms with Crippen molar-refractivity contribution >= 4 is 5.96 Å². The van der Waals surface area contributed by atoms with Crippen molar-refractivity contribution in [2.24, 2.45) is 18.0 Å². The quantitative estimate of drug-likeness (QED) is 0.564. The highest BCUT2D eigenvalue weighted by Crippen LogP contribution is 2.02. The van der Waals surface area contributed by atoms with E-state index in [1.165, 1.54) is 5.56 Å². The summed E-state index contributed by atoms with van der Waals surface area (Å²) in [5.41, 5.74) is 1.19. The molecule has 2 rings (SSSR count). The number of hydrogen-bond acceptors (Lipinski definition) is 4. The smallest absolute Gasteiger partial charge is 0.191 e. The van der Waals surface area contributed by atoms with E-state index < -0.39 is 0 Å². The van der Waals surface area contributed by atoms with Crippen LogP contribution >= 0.6 is 0 Å². The monoisotopic (exact) mass is 330 g/mol. The second-order valence-corrected chi connectivity index (χ2v) is 5.71. The van der Waals surface area contributed by atoms with E-state index >= 15 is 0 Å². The molecule has 0 fully saturated rings. The van der Waals surface area contributed by atoms with Gasteiger partial charge in [0.2, 0.25) is 0 Å². The molecule has 0 saturated heterocycles. The lowest BCUT2D eigenvalue weighted by Gasteiger charge is -2.16. The standard InChI is InChI=1S/C17H26N6O/c1-14(11-24-12-15-7-5-4-6-8-15)9-19-17(18-2)20-10-16-21-13-22-23(16)3/h4-8,13-14H,9-12H2,1-3H3,(H2,18,19,20). The van der Waals surface area contributed by atoms with Gasteiger partial charge in [-0.3, -0.25) is 9.67 Å². The molecule has 24 heavy (non-hydrogen) atoms. The van der Waals surface area contributed by atoms with E-state index in [0.717, 1.165) is 18.3 Å². The average molecular weight is 330 g/mol. The molecule has 1 heterocycles. The van der Waals surface area contributed by atoms with Crippen molar-refractivity contribution in [3.8, 4) is 0 Å². The van der Waals surface area contributed by atoms with Gasteiger partial charge < -0.3 is 15.4 Å². The molecule has 0 aliphatic rings. The highest BCUT2D eigenvalue weighted by molar-refractivity contribution is 5.79. The summed E-state index contributed by atoms with van der Waals surface area (Å²) in [6, 6.07) is 10.2. The Kier molecular flexibility index (Phi) is 7.22. The van der Waals surface area contributed by atoms with Crippen molar-refractivity contribution in [3.63, 3.8) is 0 Å². The molecule has 0 saturated carbocycles. The molecule has 0 spiro atoms. The van der Waals surface area contributed by atoms with Gasteiger partial charge in [0.15, 0.2) is 5.96 Å². The Morgan fingerprint density at radius 3 is 2.75 bits per heavy atom. The van der Waals surface area contributed by atoms with E-state index in [1.807, 2.05) is 25.2 Å². The maximum atomic E-state index is 5.76. The lowest BCUT2D eigenvalue weighted by molar-refractivity contribution is 0.0931. The Morgan fingerprint density at radius 2 is 2.08 bits per heavy atom. The Balaban J connectivity index is 1.64. The van der Waals surface area contributed by atoms with Crippen LogP contribution in [0.1, 0.15) is 18.3 Å². The fourth-order valence-electron chi connectivity index (χ4n) is 2.15. The molecule has 0 bridgehead atoms. The van der Waals surface area contributed by atoms with Crippen LogP contribution in [0.5, 0.6) is 0 Å². The first-order valence-corrected chi connectivity index (χ1v) is 8.08. The number of rotatable bonds is 8. The first kappa shape index (κ1) is 17.9. The van der Waals surface area contributed by atoms with Gasteiger partial charge in [0.05, 0.1) is 19.8 Å². The lowest BCUT2D eigenvalue weighted by atomic mass is 10.2. The predicted octanol–water partition coefficient (Wildman–Crippen LogP) is 1.33. The molecule has 0 aliphatic heterocycles. The highest BCUT2D eigenvalue weighted by Gasteiger charge is 2.06. The van der Waals surface area contributed by atoms with Crippen molar-refractivity contribution in [1.82, 2.24) is 25.4 Å². The maximum Gasteiger partial charge on any atom is 0.191 e. The first-order chi connectivity index (χ1) is 11.7.